The van der Waals surface area contributed by atoms with Crippen molar-refractivity contribution in [2.75, 3.05) is 11.9 Å². The van der Waals surface area contributed by atoms with Crippen LogP contribution in [0.3, 0.4) is 0 Å². The van der Waals surface area contributed by atoms with Crippen LogP contribution < -0.4 is 10.0 Å². The Morgan fingerprint density at radius 3 is 2.30 bits per heavy atom. The van der Waals surface area contributed by atoms with Crippen LogP contribution in [0.4, 0.5) is 5.69 Å². The molecule has 0 saturated heterocycles. The standard InChI is InChI=1S/C15H18N2O5S/c18-14(12-7-13(12)15(19)20)17-10-3-5-11(6-4-10)23(21,22)16-8-9-1-2-9/h3-6,9,12-13,16H,1-2,7-8H2,(H,17,18)(H,19,20). The molecular weight excluding hydrogens is 320 g/mol. The van der Waals surface area contributed by atoms with Crippen LogP contribution in [0.25, 0.3) is 0 Å². The molecule has 2 aliphatic rings. The summed E-state index contributed by atoms with van der Waals surface area (Å²) in [7, 11) is -3.52. The van der Waals surface area contributed by atoms with Crippen molar-refractivity contribution in [1.29, 1.82) is 0 Å². The number of carbonyl (C=O) groups excluding carboxylic acids is 1. The van der Waals surface area contributed by atoms with Crippen LogP contribution in [0.5, 0.6) is 0 Å². The molecule has 0 heterocycles. The van der Waals surface area contributed by atoms with Crippen molar-refractivity contribution < 1.29 is 23.1 Å². The van der Waals surface area contributed by atoms with Gasteiger partial charge in [0.2, 0.25) is 15.9 Å². The number of carbonyl (C=O) groups is 2. The van der Waals surface area contributed by atoms with Crippen molar-refractivity contribution in [2.24, 2.45) is 17.8 Å². The molecule has 0 aromatic heterocycles. The molecular formula is C15H18N2O5S. The predicted molar refractivity (Wildman–Crippen MR) is 82.2 cm³/mol. The lowest BCUT2D eigenvalue weighted by Crippen LogP contribution is -2.25. The molecule has 23 heavy (non-hydrogen) atoms. The van der Waals surface area contributed by atoms with Gasteiger partial charge in [-0.25, -0.2) is 13.1 Å². The number of sulfonamides is 1. The van der Waals surface area contributed by atoms with Crippen molar-refractivity contribution in [2.45, 2.75) is 24.2 Å². The third kappa shape index (κ3) is 3.89. The van der Waals surface area contributed by atoms with E-state index in [1.807, 2.05) is 0 Å². The summed E-state index contributed by atoms with van der Waals surface area (Å²) in [6, 6.07) is 5.85. The highest BCUT2D eigenvalue weighted by Gasteiger charge is 2.48. The number of anilines is 1. The van der Waals surface area contributed by atoms with Crippen LogP contribution >= 0.6 is 0 Å². The largest absolute Gasteiger partial charge is 0.481 e. The lowest BCUT2D eigenvalue weighted by molar-refractivity contribution is -0.139. The normalized spacial score (nSPS) is 23.3. The van der Waals surface area contributed by atoms with E-state index in [-0.39, 0.29) is 10.8 Å². The first kappa shape index (κ1) is 15.9. The summed E-state index contributed by atoms with van der Waals surface area (Å²) in [6.45, 7) is 0.457. The predicted octanol–water partition coefficient (Wildman–Crippen LogP) is 1.03. The number of aliphatic carboxylic acids is 1. The summed E-state index contributed by atoms with van der Waals surface area (Å²) >= 11 is 0. The number of hydrogen-bond acceptors (Lipinski definition) is 4. The van der Waals surface area contributed by atoms with E-state index >= 15 is 0 Å². The number of hydrogen-bond donors (Lipinski definition) is 3. The van der Waals surface area contributed by atoms with Crippen LogP contribution in [-0.2, 0) is 19.6 Å². The van der Waals surface area contributed by atoms with Gasteiger partial charge in [0, 0.05) is 12.2 Å². The van der Waals surface area contributed by atoms with Crippen molar-refractivity contribution in [3.8, 4) is 0 Å². The summed E-state index contributed by atoms with van der Waals surface area (Å²) < 4.78 is 26.7. The average Bonchev–Trinajstić information content (AvgIpc) is 3.38. The van der Waals surface area contributed by atoms with Crippen LogP contribution in [0.2, 0.25) is 0 Å². The number of amides is 1. The average molecular weight is 338 g/mol. The monoisotopic (exact) mass is 338 g/mol. The van der Waals surface area contributed by atoms with Crippen molar-refractivity contribution in [3.63, 3.8) is 0 Å². The second-order valence-corrected chi connectivity index (χ2v) is 7.86. The smallest absolute Gasteiger partial charge is 0.307 e. The molecule has 0 aliphatic heterocycles. The number of rotatable bonds is 7. The Morgan fingerprint density at radius 2 is 1.78 bits per heavy atom. The molecule has 3 rings (SSSR count). The van der Waals surface area contributed by atoms with E-state index in [1.165, 1.54) is 24.3 Å². The zero-order chi connectivity index (χ0) is 16.6. The van der Waals surface area contributed by atoms with Crippen LogP contribution in [0.15, 0.2) is 29.2 Å². The van der Waals surface area contributed by atoms with Gasteiger partial charge in [-0.2, -0.15) is 0 Å². The summed E-state index contributed by atoms with van der Waals surface area (Å²) in [5, 5.41) is 11.4. The molecule has 3 N–H and O–H groups in total. The number of benzene rings is 1. The lowest BCUT2D eigenvalue weighted by atomic mass is 10.2. The Hall–Kier alpha value is -1.93. The second-order valence-electron chi connectivity index (χ2n) is 6.10. The summed E-state index contributed by atoms with van der Waals surface area (Å²) in [6.07, 6.45) is 2.47. The molecule has 1 amide bonds. The van der Waals surface area contributed by atoms with E-state index in [9.17, 15) is 18.0 Å². The summed E-state index contributed by atoms with van der Waals surface area (Å²) in [4.78, 5) is 22.7. The van der Waals surface area contributed by atoms with E-state index in [0.717, 1.165) is 12.8 Å². The zero-order valence-corrected chi connectivity index (χ0v) is 13.2. The molecule has 2 atom stereocenters. The Labute approximate surface area is 134 Å². The SMILES string of the molecule is O=C(O)C1CC1C(=O)Nc1ccc(S(=O)(=O)NCC2CC2)cc1. The zero-order valence-electron chi connectivity index (χ0n) is 12.4. The van der Waals surface area contributed by atoms with Gasteiger partial charge in [0.15, 0.2) is 0 Å². The van der Waals surface area contributed by atoms with E-state index < -0.39 is 27.8 Å². The van der Waals surface area contributed by atoms with Gasteiger partial charge in [-0.1, -0.05) is 0 Å². The van der Waals surface area contributed by atoms with Gasteiger partial charge in [0.1, 0.15) is 0 Å². The minimum atomic E-state index is -3.52. The van der Waals surface area contributed by atoms with Crippen LogP contribution in [0, 0.1) is 17.8 Å². The molecule has 0 radical (unpaired) electrons. The first-order chi connectivity index (χ1) is 10.9. The van der Waals surface area contributed by atoms with Crippen molar-refractivity contribution in [1.82, 2.24) is 4.72 Å². The fourth-order valence-corrected chi connectivity index (χ4v) is 3.46. The molecule has 2 fully saturated rings. The van der Waals surface area contributed by atoms with E-state index in [0.29, 0.717) is 24.6 Å². The third-order valence-corrected chi connectivity index (χ3v) is 5.57. The molecule has 2 saturated carbocycles. The molecule has 1 aromatic carbocycles. The number of carboxylic acid groups (broad SMARTS) is 1. The number of carboxylic acids is 1. The number of nitrogens with one attached hydrogen (secondary N) is 2. The summed E-state index contributed by atoms with van der Waals surface area (Å²) in [5.41, 5.74) is 0.451. The van der Waals surface area contributed by atoms with Crippen molar-refractivity contribution in [3.05, 3.63) is 24.3 Å². The minimum Gasteiger partial charge on any atom is -0.481 e. The Balaban J connectivity index is 1.58. The van der Waals surface area contributed by atoms with Gasteiger partial charge < -0.3 is 10.4 Å². The highest BCUT2D eigenvalue weighted by atomic mass is 32.2. The first-order valence-corrected chi connectivity index (χ1v) is 8.98. The maximum atomic E-state index is 12.1. The Morgan fingerprint density at radius 1 is 1.13 bits per heavy atom. The van der Waals surface area contributed by atoms with Gasteiger partial charge in [-0.3, -0.25) is 9.59 Å². The van der Waals surface area contributed by atoms with Crippen LogP contribution in [0.1, 0.15) is 19.3 Å². The minimum absolute atomic E-state index is 0.144. The topological polar surface area (TPSA) is 113 Å². The highest BCUT2D eigenvalue weighted by molar-refractivity contribution is 7.89. The molecule has 2 unspecified atom stereocenters. The van der Waals surface area contributed by atoms with Gasteiger partial charge in [0.05, 0.1) is 16.7 Å². The first-order valence-electron chi connectivity index (χ1n) is 7.50. The van der Waals surface area contributed by atoms with Gasteiger partial charge in [0.25, 0.3) is 0 Å². The maximum Gasteiger partial charge on any atom is 0.307 e. The van der Waals surface area contributed by atoms with Gasteiger partial charge >= 0.3 is 5.97 Å². The van der Waals surface area contributed by atoms with E-state index in [4.69, 9.17) is 5.11 Å². The lowest BCUT2D eigenvalue weighted by Gasteiger charge is -2.08. The third-order valence-electron chi connectivity index (χ3n) is 4.14. The fraction of sp³-hybridized carbons (Fsp3) is 0.467. The Bertz CT molecular complexity index is 725. The molecule has 1 aromatic rings. The molecule has 124 valence electrons. The van der Waals surface area contributed by atoms with Gasteiger partial charge in [-0.05, 0) is 49.4 Å². The molecule has 2 aliphatic carbocycles. The van der Waals surface area contributed by atoms with E-state index in [2.05, 4.69) is 10.0 Å². The molecule has 0 spiro atoms. The molecule has 0 bridgehead atoms. The maximum absolute atomic E-state index is 12.1. The summed E-state index contributed by atoms with van der Waals surface area (Å²) in [5.74, 6) is -1.98. The molecule has 7 nitrogen and oxygen atoms in total. The molecule has 8 heteroatoms. The van der Waals surface area contributed by atoms with Crippen molar-refractivity contribution >= 4 is 27.6 Å². The van der Waals surface area contributed by atoms with E-state index in [1.54, 1.807) is 0 Å². The highest BCUT2D eigenvalue weighted by Crippen LogP contribution is 2.39. The van der Waals surface area contributed by atoms with Gasteiger partial charge in [-0.15, -0.1) is 0 Å². The fourth-order valence-electron chi connectivity index (χ4n) is 2.34. The second kappa shape index (κ2) is 5.93. The Kier molecular flexibility index (Phi) is 4.11. The van der Waals surface area contributed by atoms with Crippen LogP contribution in [-0.4, -0.2) is 31.9 Å². The quantitative estimate of drug-likeness (QED) is 0.687.